The largest absolute Gasteiger partial charge is 0.336 e. The maximum Gasteiger partial charge on any atom is 0.249 e. The Morgan fingerprint density at radius 3 is 1.60 bits per heavy atom. The standard InChI is InChI=1S/C12H19NO.C9H15NO/c1-5-7-8-10-13(9-6-2)12(14)11(3)4;1-5-7-10(6-2)9(11)8(3)4/h6-8H,2-3,5,9-10H2,1,4H3;5H,1,3,6-7H2,2,4H3/b8-7+;. The fourth-order valence-corrected chi connectivity index (χ4v) is 1.82. The molecule has 0 aliphatic heterocycles. The molecule has 0 unspecified atom stereocenters. The van der Waals surface area contributed by atoms with Gasteiger partial charge in [-0.25, -0.2) is 0 Å². The monoisotopic (exact) mass is 346 g/mol. The summed E-state index contributed by atoms with van der Waals surface area (Å²) in [5, 5.41) is 0. The van der Waals surface area contributed by atoms with Crippen molar-refractivity contribution in [2.45, 2.75) is 34.1 Å². The van der Waals surface area contributed by atoms with E-state index in [1.165, 1.54) is 0 Å². The summed E-state index contributed by atoms with van der Waals surface area (Å²) in [5.41, 5.74) is 1.14. The molecule has 0 radical (unpaired) electrons. The van der Waals surface area contributed by atoms with E-state index < -0.39 is 0 Å². The number of carbonyl (C=O) groups is 2. The van der Waals surface area contributed by atoms with Crippen molar-refractivity contribution in [3.05, 3.63) is 61.8 Å². The third kappa shape index (κ3) is 11.8. The predicted octanol–water partition coefficient (Wildman–Crippen LogP) is 4.14. The van der Waals surface area contributed by atoms with Crippen LogP contribution in [0.2, 0.25) is 0 Å². The summed E-state index contributed by atoms with van der Waals surface area (Å²) in [6, 6.07) is 0. The number of amides is 2. The summed E-state index contributed by atoms with van der Waals surface area (Å²) >= 11 is 0. The SMILES string of the molecule is C=CCN(C/C=C/CC)C(=O)C(=C)C.C=CCN(CC)C(=O)C(=C)C. The van der Waals surface area contributed by atoms with Crippen LogP contribution in [0.15, 0.2) is 61.8 Å². The first kappa shape index (κ1) is 24.9. The van der Waals surface area contributed by atoms with Crippen LogP contribution in [0, 0.1) is 0 Å². The van der Waals surface area contributed by atoms with E-state index in [0.717, 1.165) is 6.42 Å². The summed E-state index contributed by atoms with van der Waals surface area (Å²) in [7, 11) is 0. The maximum atomic E-state index is 11.6. The van der Waals surface area contributed by atoms with Crippen molar-refractivity contribution in [1.29, 1.82) is 0 Å². The number of hydrogen-bond acceptors (Lipinski definition) is 2. The van der Waals surface area contributed by atoms with Gasteiger partial charge < -0.3 is 9.80 Å². The van der Waals surface area contributed by atoms with Gasteiger partial charge in [0, 0.05) is 37.3 Å². The Bertz CT molecular complexity index is 504. The van der Waals surface area contributed by atoms with Gasteiger partial charge in [0.1, 0.15) is 0 Å². The average Bonchev–Trinajstić information content (AvgIpc) is 2.58. The molecule has 0 heterocycles. The van der Waals surface area contributed by atoms with Gasteiger partial charge in [0.25, 0.3) is 0 Å². The summed E-state index contributed by atoms with van der Waals surface area (Å²) < 4.78 is 0. The van der Waals surface area contributed by atoms with Gasteiger partial charge in [0.05, 0.1) is 0 Å². The molecule has 25 heavy (non-hydrogen) atoms. The minimum Gasteiger partial charge on any atom is -0.336 e. The first-order valence-corrected chi connectivity index (χ1v) is 8.52. The quantitative estimate of drug-likeness (QED) is 0.440. The van der Waals surface area contributed by atoms with Gasteiger partial charge in [-0.15, -0.1) is 13.2 Å². The third-order valence-corrected chi connectivity index (χ3v) is 3.11. The average molecular weight is 347 g/mol. The van der Waals surface area contributed by atoms with Crippen molar-refractivity contribution in [2.75, 3.05) is 26.2 Å². The van der Waals surface area contributed by atoms with Crippen molar-refractivity contribution in [3.8, 4) is 0 Å². The molecule has 0 rings (SSSR count). The van der Waals surface area contributed by atoms with Crippen LogP contribution >= 0.6 is 0 Å². The van der Waals surface area contributed by atoms with E-state index in [1.54, 1.807) is 35.8 Å². The molecule has 2 amide bonds. The fourth-order valence-electron chi connectivity index (χ4n) is 1.82. The van der Waals surface area contributed by atoms with E-state index in [-0.39, 0.29) is 11.8 Å². The normalized spacial score (nSPS) is 9.60. The van der Waals surface area contributed by atoms with E-state index in [4.69, 9.17) is 0 Å². The van der Waals surface area contributed by atoms with Crippen molar-refractivity contribution in [2.24, 2.45) is 0 Å². The smallest absolute Gasteiger partial charge is 0.249 e. The molecular formula is C21H34N2O2. The van der Waals surface area contributed by atoms with Crippen LogP contribution in [0.3, 0.4) is 0 Å². The fraction of sp³-hybridized carbons (Fsp3) is 0.429. The highest BCUT2D eigenvalue weighted by molar-refractivity contribution is 5.92. The molecule has 4 nitrogen and oxygen atoms in total. The van der Waals surface area contributed by atoms with Crippen LogP contribution in [-0.4, -0.2) is 47.8 Å². The Morgan fingerprint density at radius 1 is 0.800 bits per heavy atom. The second kappa shape index (κ2) is 15.2. The number of likely N-dealkylation sites (N-methyl/N-ethyl adjacent to an activating group) is 1. The lowest BCUT2D eigenvalue weighted by molar-refractivity contribution is -0.127. The zero-order valence-corrected chi connectivity index (χ0v) is 16.4. The van der Waals surface area contributed by atoms with Crippen molar-refractivity contribution >= 4 is 11.8 Å². The molecule has 140 valence electrons. The highest BCUT2D eigenvalue weighted by Crippen LogP contribution is 1.99. The van der Waals surface area contributed by atoms with Crippen LogP contribution in [0.4, 0.5) is 0 Å². The highest BCUT2D eigenvalue weighted by atomic mass is 16.2. The molecule has 0 saturated carbocycles. The van der Waals surface area contributed by atoms with Crippen LogP contribution < -0.4 is 0 Å². The van der Waals surface area contributed by atoms with Gasteiger partial charge in [-0.05, 0) is 27.2 Å². The number of allylic oxidation sites excluding steroid dienone is 1. The molecule has 0 fully saturated rings. The molecule has 4 heteroatoms. The molecule has 0 aromatic carbocycles. The van der Waals surface area contributed by atoms with E-state index in [1.807, 2.05) is 19.1 Å². The summed E-state index contributed by atoms with van der Waals surface area (Å²) in [6.07, 6.45) is 8.46. The van der Waals surface area contributed by atoms with Gasteiger partial charge in [0.15, 0.2) is 0 Å². The number of rotatable bonds is 10. The second-order valence-corrected chi connectivity index (χ2v) is 5.57. The Labute approximate surface area is 153 Å². The number of hydrogen-bond donors (Lipinski definition) is 0. The van der Waals surface area contributed by atoms with Crippen molar-refractivity contribution in [3.63, 3.8) is 0 Å². The Balaban J connectivity index is 0. The molecule has 0 aromatic heterocycles. The summed E-state index contributed by atoms with van der Waals surface area (Å²) in [6.45, 7) is 24.4. The molecule has 0 aliphatic rings. The molecule has 0 aliphatic carbocycles. The van der Waals surface area contributed by atoms with E-state index in [2.05, 4.69) is 33.2 Å². The molecule has 0 aromatic rings. The van der Waals surface area contributed by atoms with Gasteiger partial charge in [0.2, 0.25) is 11.8 Å². The Kier molecular flexibility index (Phi) is 15.1. The molecule has 0 bridgehead atoms. The minimum atomic E-state index is -0.00865. The number of nitrogens with zero attached hydrogens (tertiary/aromatic N) is 2. The molecular weight excluding hydrogens is 312 g/mol. The lowest BCUT2D eigenvalue weighted by Crippen LogP contribution is -2.31. The maximum absolute atomic E-state index is 11.6. The van der Waals surface area contributed by atoms with Gasteiger partial charge >= 0.3 is 0 Å². The number of carbonyl (C=O) groups excluding carboxylic acids is 2. The van der Waals surface area contributed by atoms with E-state index in [9.17, 15) is 9.59 Å². The molecule has 0 spiro atoms. The lowest BCUT2D eigenvalue weighted by Gasteiger charge is -2.19. The van der Waals surface area contributed by atoms with Gasteiger partial charge in [-0.3, -0.25) is 9.59 Å². The van der Waals surface area contributed by atoms with Gasteiger partial charge in [-0.2, -0.15) is 0 Å². The van der Waals surface area contributed by atoms with Crippen LogP contribution in [-0.2, 0) is 9.59 Å². The summed E-state index contributed by atoms with van der Waals surface area (Å²) in [4.78, 5) is 26.2. The second-order valence-electron chi connectivity index (χ2n) is 5.57. The lowest BCUT2D eigenvalue weighted by atomic mass is 10.3. The summed E-state index contributed by atoms with van der Waals surface area (Å²) in [5.74, 6) is -0.00180. The van der Waals surface area contributed by atoms with E-state index in [0.29, 0.717) is 37.3 Å². The van der Waals surface area contributed by atoms with Crippen LogP contribution in [0.25, 0.3) is 0 Å². The Hall–Kier alpha value is -2.36. The van der Waals surface area contributed by atoms with Gasteiger partial charge in [-0.1, -0.05) is 44.4 Å². The molecule has 0 atom stereocenters. The van der Waals surface area contributed by atoms with Crippen LogP contribution in [0.5, 0.6) is 0 Å². The predicted molar refractivity (Wildman–Crippen MR) is 108 cm³/mol. The molecule has 0 N–H and O–H groups in total. The first-order valence-electron chi connectivity index (χ1n) is 8.52. The van der Waals surface area contributed by atoms with Crippen molar-refractivity contribution < 1.29 is 9.59 Å². The minimum absolute atomic E-state index is 0.00685. The first-order chi connectivity index (χ1) is 11.8. The Morgan fingerprint density at radius 2 is 1.24 bits per heavy atom. The van der Waals surface area contributed by atoms with E-state index >= 15 is 0 Å². The van der Waals surface area contributed by atoms with Crippen LogP contribution in [0.1, 0.15) is 34.1 Å². The highest BCUT2D eigenvalue weighted by Gasteiger charge is 2.10. The molecule has 0 saturated heterocycles. The zero-order chi connectivity index (χ0) is 19.8. The zero-order valence-electron chi connectivity index (χ0n) is 16.4. The topological polar surface area (TPSA) is 40.6 Å². The third-order valence-electron chi connectivity index (χ3n) is 3.11. The van der Waals surface area contributed by atoms with Crippen molar-refractivity contribution in [1.82, 2.24) is 9.80 Å².